The molecule has 3 aliphatic rings. The SMILES string of the molecule is O=C1N[C@]2(CCCc3sccc32)C(=O)N1CC1CCCCC1. The van der Waals surface area contributed by atoms with Crippen molar-refractivity contribution in [3.05, 3.63) is 21.9 Å². The topological polar surface area (TPSA) is 49.4 Å². The Hall–Kier alpha value is -1.36. The van der Waals surface area contributed by atoms with Crippen LogP contribution in [0.4, 0.5) is 4.79 Å². The number of rotatable bonds is 2. The lowest BCUT2D eigenvalue weighted by Crippen LogP contribution is -2.46. The summed E-state index contributed by atoms with van der Waals surface area (Å²) in [5.41, 5.74) is 0.285. The third-order valence-corrected chi connectivity index (χ3v) is 6.48. The zero-order chi connectivity index (χ0) is 15.2. The quantitative estimate of drug-likeness (QED) is 0.850. The first-order chi connectivity index (χ1) is 10.7. The van der Waals surface area contributed by atoms with Crippen molar-refractivity contribution in [1.82, 2.24) is 10.2 Å². The van der Waals surface area contributed by atoms with Gasteiger partial charge in [-0.1, -0.05) is 19.3 Å². The number of thiophene rings is 1. The van der Waals surface area contributed by atoms with Gasteiger partial charge in [0, 0.05) is 17.0 Å². The van der Waals surface area contributed by atoms with Crippen LogP contribution in [0.25, 0.3) is 0 Å². The van der Waals surface area contributed by atoms with Crippen molar-refractivity contribution in [2.75, 3.05) is 6.54 Å². The molecule has 1 aromatic rings. The third kappa shape index (κ3) is 2.09. The first kappa shape index (κ1) is 14.2. The Labute approximate surface area is 134 Å². The molecule has 1 aliphatic heterocycles. The number of imide groups is 1. The van der Waals surface area contributed by atoms with Gasteiger partial charge in [-0.15, -0.1) is 11.3 Å². The molecule has 0 radical (unpaired) electrons. The van der Waals surface area contributed by atoms with Crippen LogP contribution >= 0.6 is 11.3 Å². The Morgan fingerprint density at radius 1 is 1.23 bits per heavy atom. The summed E-state index contributed by atoms with van der Waals surface area (Å²) in [7, 11) is 0. The molecule has 4 rings (SSSR count). The largest absolute Gasteiger partial charge is 0.325 e. The van der Waals surface area contributed by atoms with Crippen LogP contribution in [-0.2, 0) is 16.8 Å². The van der Waals surface area contributed by atoms with Crippen molar-refractivity contribution >= 4 is 23.3 Å². The first-order valence-electron chi connectivity index (χ1n) is 8.42. The summed E-state index contributed by atoms with van der Waals surface area (Å²) in [6.07, 6.45) is 8.78. The first-order valence-corrected chi connectivity index (χ1v) is 9.30. The molecule has 1 atom stereocenters. The van der Waals surface area contributed by atoms with Crippen molar-refractivity contribution in [1.29, 1.82) is 0 Å². The lowest BCUT2D eigenvalue weighted by atomic mass is 9.80. The summed E-state index contributed by atoms with van der Waals surface area (Å²) in [5.74, 6) is 0.478. The molecule has 0 aromatic carbocycles. The smallest absolute Gasteiger partial charge is 0.319 e. The van der Waals surface area contributed by atoms with Crippen LogP contribution < -0.4 is 5.32 Å². The number of fused-ring (bicyclic) bond motifs is 2. The summed E-state index contributed by atoms with van der Waals surface area (Å²) >= 11 is 1.70. The average molecular weight is 318 g/mol. The zero-order valence-electron chi connectivity index (χ0n) is 12.8. The van der Waals surface area contributed by atoms with Crippen LogP contribution in [0.2, 0.25) is 0 Å². The predicted molar refractivity (Wildman–Crippen MR) is 85.8 cm³/mol. The Bertz CT molecular complexity index is 606. The number of aryl methyl sites for hydroxylation is 1. The number of hydrogen-bond acceptors (Lipinski definition) is 3. The standard InChI is InChI=1S/C17H22N2O2S/c20-15-17(9-4-7-14-13(17)8-10-22-14)18-16(21)19(15)11-12-5-2-1-3-6-12/h8,10,12H,1-7,9,11H2,(H,18,21)/t17-/m0/s1. The number of nitrogens with one attached hydrogen (secondary N) is 1. The number of nitrogens with zero attached hydrogens (tertiary/aromatic N) is 1. The molecule has 1 saturated carbocycles. The molecule has 1 saturated heterocycles. The fourth-order valence-electron chi connectivity index (χ4n) is 4.34. The van der Waals surface area contributed by atoms with Crippen LogP contribution in [-0.4, -0.2) is 23.4 Å². The fourth-order valence-corrected chi connectivity index (χ4v) is 5.33. The molecule has 2 fully saturated rings. The average Bonchev–Trinajstić information content (AvgIpc) is 3.10. The van der Waals surface area contributed by atoms with Gasteiger partial charge in [-0.05, 0) is 49.5 Å². The molecular weight excluding hydrogens is 296 g/mol. The number of amides is 3. The molecule has 0 unspecified atom stereocenters. The summed E-state index contributed by atoms with van der Waals surface area (Å²) in [6, 6.07) is 1.84. The van der Waals surface area contributed by atoms with E-state index in [2.05, 4.69) is 5.32 Å². The van der Waals surface area contributed by atoms with Crippen LogP contribution in [0.1, 0.15) is 55.4 Å². The highest BCUT2D eigenvalue weighted by Crippen LogP contribution is 2.42. The van der Waals surface area contributed by atoms with Crippen molar-refractivity contribution in [3.8, 4) is 0 Å². The Balaban J connectivity index is 1.60. The van der Waals surface area contributed by atoms with Gasteiger partial charge in [-0.3, -0.25) is 9.69 Å². The molecule has 2 aliphatic carbocycles. The lowest BCUT2D eigenvalue weighted by molar-refractivity contribution is -0.132. The van der Waals surface area contributed by atoms with E-state index in [0.29, 0.717) is 12.5 Å². The monoisotopic (exact) mass is 318 g/mol. The Morgan fingerprint density at radius 3 is 2.86 bits per heavy atom. The van der Waals surface area contributed by atoms with E-state index >= 15 is 0 Å². The lowest BCUT2D eigenvalue weighted by Gasteiger charge is -2.31. The van der Waals surface area contributed by atoms with E-state index in [1.54, 1.807) is 11.3 Å². The van der Waals surface area contributed by atoms with Crippen molar-refractivity contribution in [2.45, 2.75) is 56.9 Å². The minimum absolute atomic E-state index is 0.0116. The highest BCUT2D eigenvalue weighted by molar-refractivity contribution is 7.10. The molecule has 0 bridgehead atoms. The summed E-state index contributed by atoms with van der Waals surface area (Å²) in [4.78, 5) is 28.3. The van der Waals surface area contributed by atoms with Gasteiger partial charge >= 0.3 is 6.03 Å². The Kier molecular flexibility index (Phi) is 3.48. The van der Waals surface area contributed by atoms with Crippen LogP contribution in [0, 0.1) is 5.92 Å². The molecule has 2 heterocycles. The van der Waals surface area contributed by atoms with Crippen molar-refractivity contribution in [2.24, 2.45) is 5.92 Å². The van der Waals surface area contributed by atoms with Crippen LogP contribution in [0.5, 0.6) is 0 Å². The van der Waals surface area contributed by atoms with E-state index in [9.17, 15) is 9.59 Å². The Morgan fingerprint density at radius 2 is 2.05 bits per heavy atom. The predicted octanol–water partition coefficient (Wildman–Crippen LogP) is 3.41. The number of hydrogen-bond donors (Lipinski definition) is 1. The molecule has 1 spiro atoms. The summed E-state index contributed by atoms with van der Waals surface area (Å²) in [5, 5.41) is 5.09. The van der Waals surface area contributed by atoms with E-state index in [-0.39, 0.29) is 11.9 Å². The number of carbonyl (C=O) groups excluding carboxylic acids is 2. The van der Waals surface area contributed by atoms with E-state index in [0.717, 1.165) is 37.7 Å². The molecule has 1 aromatic heterocycles. The second-order valence-electron chi connectivity index (χ2n) is 6.87. The molecule has 5 heteroatoms. The van der Waals surface area contributed by atoms with Crippen LogP contribution in [0.3, 0.4) is 0 Å². The molecule has 3 amide bonds. The van der Waals surface area contributed by atoms with Gasteiger partial charge in [0.15, 0.2) is 0 Å². The van der Waals surface area contributed by atoms with Gasteiger partial charge in [-0.25, -0.2) is 4.79 Å². The third-order valence-electron chi connectivity index (χ3n) is 5.50. The van der Waals surface area contributed by atoms with Crippen LogP contribution in [0.15, 0.2) is 11.4 Å². The second kappa shape index (κ2) is 5.37. The highest BCUT2D eigenvalue weighted by Gasteiger charge is 2.54. The highest BCUT2D eigenvalue weighted by atomic mass is 32.1. The minimum Gasteiger partial charge on any atom is -0.319 e. The second-order valence-corrected chi connectivity index (χ2v) is 7.87. The van der Waals surface area contributed by atoms with Gasteiger partial charge in [0.25, 0.3) is 5.91 Å². The van der Waals surface area contributed by atoms with Gasteiger partial charge < -0.3 is 5.32 Å². The van der Waals surface area contributed by atoms with Gasteiger partial charge in [0.1, 0.15) is 5.54 Å². The maximum Gasteiger partial charge on any atom is 0.325 e. The molecule has 118 valence electrons. The van der Waals surface area contributed by atoms with Gasteiger partial charge in [0.05, 0.1) is 0 Å². The van der Waals surface area contributed by atoms with E-state index in [4.69, 9.17) is 0 Å². The molecule has 1 N–H and O–H groups in total. The van der Waals surface area contributed by atoms with Crippen molar-refractivity contribution in [3.63, 3.8) is 0 Å². The van der Waals surface area contributed by atoms with E-state index < -0.39 is 5.54 Å². The summed E-state index contributed by atoms with van der Waals surface area (Å²) in [6.45, 7) is 0.603. The van der Waals surface area contributed by atoms with E-state index in [1.807, 2.05) is 11.4 Å². The fraction of sp³-hybridized carbons (Fsp3) is 0.647. The number of urea groups is 1. The summed E-state index contributed by atoms with van der Waals surface area (Å²) < 4.78 is 0. The zero-order valence-corrected chi connectivity index (χ0v) is 13.6. The normalized spacial score (nSPS) is 29.0. The maximum absolute atomic E-state index is 13.1. The van der Waals surface area contributed by atoms with Gasteiger partial charge in [0.2, 0.25) is 0 Å². The minimum atomic E-state index is -0.765. The molecular formula is C17H22N2O2S. The van der Waals surface area contributed by atoms with Crippen molar-refractivity contribution < 1.29 is 9.59 Å². The number of carbonyl (C=O) groups is 2. The maximum atomic E-state index is 13.1. The molecule has 22 heavy (non-hydrogen) atoms. The van der Waals surface area contributed by atoms with Gasteiger partial charge in [-0.2, -0.15) is 0 Å². The van der Waals surface area contributed by atoms with E-state index in [1.165, 1.54) is 29.0 Å². The molecule has 4 nitrogen and oxygen atoms in total.